The number of nitrogens with zero attached hydrogens (tertiary/aromatic N) is 4. The van der Waals surface area contributed by atoms with E-state index in [1.54, 1.807) is 17.9 Å². The van der Waals surface area contributed by atoms with E-state index in [9.17, 15) is 26.8 Å². The number of guanidine groups is 1. The summed E-state index contributed by atoms with van der Waals surface area (Å²) in [6, 6.07) is 5.72. The number of nitrogen functional groups attached to an aromatic ring is 2. The van der Waals surface area contributed by atoms with Crippen LogP contribution in [0.5, 0.6) is 0 Å². The second kappa shape index (κ2) is 14.2. The third-order valence-electron chi connectivity index (χ3n) is 7.14. The Morgan fingerprint density at radius 1 is 1.26 bits per heavy atom. The van der Waals surface area contributed by atoms with Gasteiger partial charge in [0.05, 0.1) is 10.4 Å². The molecule has 1 spiro atoms. The second-order valence-electron chi connectivity index (χ2n) is 10.5. The van der Waals surface area contributed by atoms with Crippen LogP contribution in [0.1, 0.15) is 40.6 Å². The number of likely N-dealkylation sites (tertiary alicyclic amines) is 1. The highest BCUT2D eigenvalue weighted by Gasteiger charge is 2.41. The molecule has 14 nitrogen and oxygen atoms in total. The molecule has 46 heavy (non-hydrogen) atoms. The quantitative estimate of drug-likeness (QED) is 0.182. The molecule has 0 atom stereocenters. The predicted octanol–water partition coefficient (Wildman–Crippen LogP) is 2.19. The average Bonchev–Trinajstić information content (AvgIpc) is 3.38. The molecule has 1 aromatic heterocycles. The summed E-state index contributed by atoms with van der Waals surface area (Å²) in [5, 5.41) is 6.12. The molecule has 0 unspecified atom stereocenters. The summed E-state index contributed by atoms with van der Waals surface area (Å²) in [5.41, 5.74) is 11.4. The highest BCUT2D eigenvalue weighted by molar-refractivity contribution is 7.89. The summed E-state index contributed by atoms with van der Waals surface area (Å²) in [7, 11) is -3.98. The first-order valence-electron chi connectivity index (χ1n) is 13.8. The van der Waals surface area contributed by atoms with Gasteiger partial charge in [-0.1, -0.05) is 42.0 Å². The molecule has 2 fully saturated rings. The number of rotatable bonds is 10. The van der Waals surface area contributed by atoms with Gasteiger partial charge in [0.1, 0.15) is 5.76 Å². The van der Waals surface area contributed by atoms with E-state index < -0.39 is 28.1 Å². The molecule has 4 rings (SSSR count). The number of alkyl halides is 2. The fourth-order valence-electron chi connectivity index (χ4n) is 4.66. The minimum absolute atomic E-state index is 0.0618. The van der Waals surface area contributed by atoms with Gasteiger partial charge in [0.25, 0.3) is 5.91 Å². The number of carbonyl (C=O) groups is 2. The van der Waals surface area contributed by atoms with Crippen molar-refractivity contribution < 1.29 is 31.5 Å². The van der Waals surface area contributed by atoms with E-state index in [-0.39, 0.29) is 57.1 Å². The van der Waals surface area contributed by atoms with Crippen LogP contribution in [0.25, 0.3) is 0 Å². The van der Waals surface area contributed by atoms with E-state index in [1.807, 2.05) is 0 Å². The molecule has 0 radical (unpaired) electrons. The molecule has 0 aliphatic carbocycles. The number of nitrogens with two attached hydrogens (primary N) is 2. The van der Waals surface area contributed by atoms with Crippen LogP contribution in [0.15, 0.2) is 70.3 Å². The molecule has 2 aromatic rings. The van der Waals surface area contributed by atoms with Gasteiger partial charge >= 0.3 is 12.5 Å². The Morgan fingerprint density at radius 3 is 2.67 bits per heavy atom. The lowest BCUT2D eigenvalue weighted by Crippen LogP contribution is -2.53. The van der Waals surface area contributed by atoms with Crippen LogP contribution < -0.4 is 26.8 Å². The van der Waals surface area contributed by atoms with Gasteiger partial charge in [0, 0.05) is 31.7 Å². The number of amides is 2. The average molecular weight is 680 g/mol. The lowest BCUT2D eigenvalue weighted by atomic mass is 9.88. The molecule has 0 bridgehead atoms. The minimum atomic E-state index is -3.98. The molecule has 2 aliphatic rings. The van der Waals surface area contributed by atoms with Gasteiger partial charge in [0.2, 0.25) is 10.0 Å². The Balaban J connectivity index is 1.33. The smallest absolute Gasteiger partial charge is 0.387 e. The summed E-state index contributed by atoms with van der Waals surface area (Å²) in [6.07, 6.45) is 5.20. The molecule has 2 saturated heterocycles. The van der Waals surface area contributed by atoms with Crippen molar-refractivity contribution in [2.45, 2.75) is 36.8 Å². The molecule has 2 amide bonds. The number of carbonyl (C=O) groups excluding carboxylic acids is 2. The summed E-state index contributed by atoms with van der Waals surface area (Å²) >= 11 is 5.86. The molecule has 3 heterocycles. The molecular formula is C28H32ClF2N9O5S. The van der Waals surface area contributed by atoms with Crippen LogP contribution in [-0.2, 0) is 14.8 Å². The lowest BCUT2D eigenvalue weighted by Gasteiger charge is -2.38. The first-order valence-corrected chi connectivity index (χ1v) is 15.6. The van der Waals surface area contributed by atoms with Crippen molar-refractivity contribution in [3.8, 4) is 0 Å². The normalized spacial score (nSPS) is 17.4. The predicted molar refractivity (Wildman–Crippen MR) is 167 cm³/mol. The van der Waals surface area contributed by atoms with Crippen molar-refractivity contribution >= 4 is 51.0 Å². The number of benzene rings is 1. The first kappa shape index (κ1) is 34.3. The van der Waals surface area contributed by atoms with Crippen molar-refractivity contribution in [2.75, 3.05) is 37.6 Å². The number of allylic oxidation sites excluding steroid dienone is 3. The molecule has 7 N–H and O–H groups in total. The second-order valence-corrected chi connectivity index (χ2v) is 12.6. The SMILES string of the molecule is C=C(/C=C\C=C(/C)CNS(=O)(=O)c1cccc(C(=O)N2CCC3(CC2)CN/C(=N\C(=O)c2nc(Cl)c(N)nc2N)N3)c1)OC(F)F. The van der Waals surface area contributed by atoms with Gasteiger partial charge in [-0.05, 0) is 44.0 Å². The summed E-state index contributed by atoms with van der Waals surface area (Å²) in [6.45, 7) is 3.10. The van der Waals surface area contributed by atoms with Crippen LogP contribution in [0.4, 0.5) is 20.4 Å². The number of anilines is 2. The molecule has 2 aliphatic heterocycles. The number of sulfonamides is 1. The molecule has 18 heteroatoms. The van der Waals surface area contributed by atoms with E-state index in [0.717, 1.165) is 0 Å². The van der Waals surface area contributed by atoms with Gasteiger partial charge < -0.3 is 31.7 Å². The number of aliphatic imine (C=N–C) groups is 1. The van der Waals surface area contributed by atoms with Crippen LogP contribution in [0.3, 0.4) is 0 Å². The Hall–Kier alpha value is -4.61. The first-order chi connectivity index (χ1) is 21.7. The number of nitrogens with one attached hydrogen (secondary N) is 3. The summed E-state index contributed by atoms with van der Waals surface area (Å²) in [4.78, 5) is 39.2. The topological polar surface area (TPSA) is 207 Å². The number of hydrogen-bond acceptors (Lipinski definition) is 9. The molecule has 1 aromatic carbocycles. The van der Waals surface area contributed by atoms with Crippen molar-refractivity contribution in [1.82, 2.24) is 30.2 Å². The lowest BCUT2D eigenvalue weighted by molar-refractivity contribution is -0.0915. The standard InChI is InChI=1S/C28H32ClF2N9O5S/c1-16(5-3-6-17(2)45-26(30)31)14-35-46(43,44)19-8-4-7-18(13-19)25(42)40-11-9-28(10-12-40)15-34-27(39-28)38-24(41)20-22(32)37-23(33)21(29)36-20/h3-8,13,26,35H,2,9-12,14-15H2,1H3,(H4,32,33,37)(H2,34,38,39,41)/b6-3-,16-5+. The zero-order chi connectivity index (χ0) is 33.6. The van der Waals surface area contributed by atoms with Crippen LogP contribution >= 0.6 is 11.6 Å². The van der Waals surface area contributed by atoms with Gasteiger partial charge in [-0.2, -0.15) is 13.8 Å². The third-order valence-corrected chi connectivity index (χ3v) is 8.82. The molecule has 246 valence electrons. The van der Waals surface area contributed by atoms with E-state index >= 15 is 0 Å². The van der Waals surface area contributed by atoms with E-state index in [1.165, 1.54) is 36.4 Å². The zero-order valence-corrected chi connectivity index (χ0v) is 26.2. The summed E-state index contributed by atoms with van der Waals surface area (Å²) in [5.74, 6) is -1.42. The number of piperidine rings is 1. The number of aromatic nitrogens is 2. The van der Waals surface area contributed by atoms with Crippen molar-refractivity contribution in [3.05, 3.63) is 76.8 Å². The fraction of sp³-hybridized carbons (Fsp3) is 0.321. The maximum atomic E-state index is 13.3. The number of halogens is 3. The highest BCUT2D eigenvalue weighted by Crippen LogP contribution is 2.26. The van der Waals surface area contributed by atoms with Gasteiger partial charge in [0.15, 0.2) is 28.4 Å². The Labute approximate surface area is 268 Å². The minimum Gasteiger partial charge on any atom is -0.435 e. The fourth-order valence-corrected chi connectivity index (χ4v) is 5.91. The largest absolute Gasteiger partial charge is 0.435 e. The van der Waals surface area contributed by atoms with Gasteiger partial charge in [-0.15, -0.1) is 0 Å². The van der Waals surface area contributed by atoms with Crippen molar-refractivity contribution in [1.29, 1.82) is 0 Å². The Kier molecular flexibility index (Phi) is 10.6. The van der Waals surface area contributed by atoms with Crippen molar-refractivity contribution in [2.24, 2.45) is 4.99 Å². The highest BCUT2D eigenvalue weighted by atomic mass is 35.5. The zero-order valence-electron chi connectivity index (χ0n) is 24.6. The van der Waals surface area contributed by atoms with Crippen LogP contribution in [0, 0.1) is 0 Å². The van der Waals surface area contributed by atoms with Crippen LogP contribution in [-0.4, -0.2) is 79.4 Å². The maximum absolute atomic E-state index is 13.3. The molecular weight excluding hydrogens is 648 g/mol. The third kappa shape index (κ3) is 8.55. The number of ether oxygens (including phenoxy) is 1. The Bertz CT molecular complexity index is 1730. The van der Waals surface area contributed by atoms with Crippen LogP contribution in [0.2, 0.25) is 5.15 Å². The van der Waals surface area contributed by atoms with E-state index in [2.05, 4.69) is 41.6 Å². The maximum Gasteiger partial charge on any atom is 0.387 e. The summed E-state index contributed by atoms with van der Waals surface area (Å²) < 4.78 is 56.8. The Morgan fingerprint density at radius 2 is 1.98 bits per heavy atom. The molecule has 0 saturated carbocycles. The van der Waals surface area contributed by atoms with Gasteiger partial charge in [-0.3, -0.25) is 9.59 Å². The van der Waals surface area contributed by atoms with E-state index in [4.69, 9.17) is 23.1 Å². The van der Waals surface area contributed by atoms with Gasteiger partial charge in [-0.25, -0.2) is 23.1 Å². The van der Waals surface area contributed by atoms with Crippen molar-refractivity contribution in [3.63, 3.8) is 0 Å². The monoisotopic (exact) mass is 679 g/mol. The number of hydrogen-bond donors (Lipinski definition) is 5. The van der Waals surface area contributed by atoms with E-state index in [0.29, 0.717) is 38.0 Å².